The highest BCUT2D eigenvalue weighted by molar-refractivity contribution is 6.01. The van der Waals surface area contributed by atoms with Crippen molar-refractivity contribution in [1.82, 2.24) is 0 Å². The maximum atomic E-state index is 14.0. The van der Waals surface area contributed by atoms with E-state index in [1.54, 1.807) is 0 Å². The highest BCUT2D eigenvalue weighted by Crippen LogP contribution is 2.37. The summed E-state index contributed by atoms with van der Waals surface area (Å²) in [7, 11) is 0. The van der Waals surface area contributed by atoms with Crippen LogP contribution in [0.4, 0.5) is 0 Å². The fraction of sp³-hybridized carbons (Fsp3) is 0.905. The first-order valence-corrected chi connectivity index (χ1v) is 21.1. The van der Waals surface area contributed by atoms with Gasteiger partial charge in [0.2, 0.25) is 0 Å². The third-order valence-corrected chi connectivity index (χ3v) is 10.4. The zero-order valence-corrected chi connectivity index (χ0v) is 33.5. The van der Waals surface area contributed by atoms with Gasteiger partial charge in [-0.2, -0.15) is 0 Å². The Balaban J connectivity index is 6.36. The number of aliphatic hydroxyl groups is 5. The van der Waals surface area contributed by atoms with Gasteiger partial charge in [-0.15, -0.1) is 0 Å². The fourth-order valence-electron chi connectivity index (χ4n) is 6.81. The molecule has 0 aliphatic heterocycles. The van der Waals surface area contributed by atoms with Gasteiger partial charge in [0.05, 0.1) is 0 Å². The molecule has 5 atom stereocenters. The fourth-order valence-corrected chi connectivity index (χ4v) is 6.81. The molecular formula is C42H78O10. The second kappa shape index (κ2) is 30.6. The zero-order valence-electron chi connectivity index (χ0n) is 33.5. The molecule has 0 spiro atoms. The van der Waals surface area contributed by atoms with Crippen LogP contribution in [-0.2, 0) is 23.9 Å². The minimum absolute atomic E-state index is 0.0402. The molecule has 0 aromatic heterocycles. The molecule has 10 nitrogen and oxygen atoms in total. The summed E-state index contributed by atoms with van der Waals surface area (Å²) in [4.78, 5) is 53.8. The number of esters is 1. The van der Waals surface area contributed by atoms with Crippen molar-refractivity contribution >= 4 is 23.3 Å². The van der Waals surface area contributed by atoms with Crippen molar-refractivity contribution in [2.75, 3.05) is 6.61 Å². The van der Waals surface area contributed by atoms with E-state index in [0.717, 1.165) is 109 Å². The third-order valence-electron chi connectivity index (χ3n) is 10.4. The Bertz CT molecular complexity index is 955. The lowest BCUT2D eigenvalue weighted by atomic mass is 9.66. The lowest BCUT2D eigenvalue weighted by molar-refractivity contribution is -0.242. The van der Waals surface area contributed by atoms with Gasteiger partial charge in [0.25, 0.3) is 0 Å². The van der Waals surface area contributed by atoms with E-state index in [1.165, 1.54) is 0 Å². The van der Waals surface area contributed by atoms with Gasteiger partial charge in [-0.1, -0.05) is 156 Å². The first-order chi connectivity index (χ1) is 24.9. The van der Waals surface area contributed by atoms with Crippen molar-refractivity contribution in [1.29, 1.82) is 0 Å². The molecule has 0 radical (unpaired) electrons. The number of rotatable bonds is 37. The minimum atomic E-state index is -3.46. The number of carbonyl (C=O) groups excluding carboxylic acids is 4. The largest absolute Gasteiger partial charge is 0.463 e. The highest BCUT2D eigenvalue weighted by atomic mass is 16.5. The number of aliphatic hydroxyl groups excluding tert-OH is 3. The van der Waals surface area contributed by atoms with Crippen LogP contribution in [0, 0.1) is 0 Å². The standard InChI is InChI=1S/C42H78O10/c1-5-9-13-17-21-25-29-34(43)39(48)40(49)42(51,36(45)31-27-23-19-15-11-7-3)41(50,35(44)30-26-22-18-14-10-6-2)37(46)33-52-38(47)32-28-24-20-16-12-8-4/h37,39-40,46,48-51H,5-33H2,1-4H3. The van der Waals surface area contributed by atoms with Crippen LogP contribution in [-0.4, -0.2) is 85.0 Å². The van der Waals surface area contributed by atoms with Crippen LogP contribution in [0.2, 0.25) is 0 Å². The SMILES string of the molecule is CCCCCCCCC(=O)OCC(O)C(O)(C(=O)CCCCCCCC)C(O)(C(=O)CCCCCCCC)C(O)C(O)C(=O)CCCCCCCC. The summed E-state index contributed by atoms with van der Waals surface area (Å²) < 4.78 is 5.26. The van der Waals surface area contributed by atoms with Gasteiger partial charge < -0.3 is 30.3 Å². The number of ether oxygens (including phenoxy) is 1. The van der Waals surface area contributed by atoms with Crippen LogP contribution in [0.15, 0.2) is 0 Å². The smallest absolute Gasteiger partial charge is 0.305 e. The first kappa shape index (κ1) is 50.3. The minimum Gasteiger partial charge on any atom is -0.463 e. The van der Waals surface area contributed by atoms with E-state index in [2.05, 4.69) is 27.7 Å². The van der Waals surface area contributed by atoms with Gasteiger partial charge in [-0.05, 0) is 25.7 Å². The summed E-state index contributed by atoms with van der Waals surface area (Å²) in [5, 5.41) is 58.5. The molecule has 10 heteroatoms. The Morgan fingerprint density at radius 3 is 1.19 bits per heavy atom. The van der Waals surface area contributed by atoms with Gasteiger partial charge >= 0.3 is 5.97 Å². The summed E-state index contributed by atoms with van der Waals surface area (Å²) >= 11 is 0. The Kier molecular flexibility index (Phi) is 29.6. The van der Waals surface area contributed by atoms with Gasteiger partial charge in [0.1, 0.15) is 24.9 Å². The average molecular weight is 743 g/mol. The monoisotopic (exact) mass is 743 g/mol. The van der Waals surface area contributed by atoms with Crippen molar-refractivity contribution < 1.29 is 49.4 Å². The maximum absolute atomic E-state index is 14.0. The van der Waals surface area contributed by atoms with Crippen molar-refractivity contribution in [3.63, 3.8) is 0 Å². The van der Waals surface area contributed by atoms with E-state index in [-0.39, 0.29) is 38.5 Å². The van der Waals surface area contributed by atoms with Gasteiger partial charge in [0.15, 0.2) is 28.6 Å². The topological polar surface area (TPSA) is 179 Å². The summed E-state index contributed by atoms with van der Waals surface area (Å²) in [6, 6.07) is 0. The van der Waals surface area contributed by atoms with E-state index in [0.29, 0.717) is 32.1 Å². The van der Waals surface area contributed by atoms with Crippen molar-refractivity contribution in [3.8, 4) is 0 Å². The second-order valence-corrected chi connectivity index (χ2v) is 15.0. The third kappa shape index (κ3) is 18.5. The summed E-state index contributed by atoms with van der Waals surface area (Å²) in [6.07, 6.45) is 11.9. The molecule has 0 rings (SSSR count). The number of unbranched alkanes of at least 4 members (excludes halogenated alkanes) is 20. The Labute approximate surface area is 315 Å². The molecule has 0 bridgehead atoms. The van der Waals surface area contributed by atoms with Gasteiger partial charge in [-0.25, -0.2) is 0 Å². The average Bonchev–Trinajstić information content (AvgIpc) is 3.14. The van der Waals surface area contributed by atoms with Crippen molar-refractivity contribution in [2.24, 2.45) is 0 Å². The maximum Gasteiger partial charge on any atom is 0.305 e. The van der Waals surface area contributed by atoms with Crippen molar-refractivity contribution in [3.05, 3.63) is 0 Å². The normalized spacial score (nSPS) is 15.7. The number of ketones is 3. The summed E-state index contributed by atoms with van der Waals surface area (Å²) in [5.74, 6) is -3.83. The van der Waals surface area contributed by atoms with E-state index in [9.17, 15) is 44.7 Å². The molecule has 0 amide bonds. The quantitative estimate of drug-likeness (QED) is 0.0312. The molecule has 0 aliphatic carbocycles. The molecule has 0 aliphatic rings. The van der Waals surface area contributed by atoms with E-state index < -0.39 is 59.4 Å². The van der Waals surface area contributed by atoms with Crippen molar-refractivity contribution in [2.45, 2.75) is 237 Å². The van der Waals surface area contributed by atoms with E-state index in [1.807, 2.05) is 0 Å². The van der Waals surface area contributed by atoms with Crippen LogP contribution in [0.3, 0.4) is 0 Å². The Hall–Kier alpha value is -1.72. The molecule has 0 saturated heterocycles. The molecular weight excluding hydrogens is 664 g/mol. The molecule has 0 aromatic rings. The predicted molar refractivity (Wildman–Crippen MR) is 206 cm³/mol. The molecule has 5 unspecified atom stereocenters. The van der Waals surface area contributed by atoms with Crippen LogP contribution in [0.1, 0.15) is 207 Å². The molecule has 0 aromatic carbocycles. The highest BCUT2D eigenvalue weighted by Gasteiger charge is 2.67. The zero-order chi connectivity index (χ0) is 39.3. The molecule has 306 valence electrons. The lowest BCUT2D eigenvalue weighted by Gasteiger charge is -2.47. The molecule has 5 N–H and O–H groups in total. The van der Waals surface area contributed by atoms with Crippen LogP contribution in [0.5, 0.6) is 0 Å². The number of hydrogen-bond acceptors (Lipinski definition) is 10. The van der Waals surface area contributed by atoms with Crippen LogP contribution in [0.25, 0.3) is 0 Å². The molecule has 0 saturated carbocycles. The molecule has 0 fully saturated rings. The molecule has 0 heterocycles. The number of Topliss-reactive ketones (excluding diaryl/α,β-unsaturated/α-hetero) is 3. The van der Waals surface area contributed by atoms with Crippen LogP contribution >= 0.6 is 0 Å². The second-order valence-electron chi connectivity index (χ2n) is 15.0. The summed E-state index contributed by atoms with van der Waals surface area (Å²) in [5.41, 5.74) is -6.84. The molecule has 52 heavy (non-hydrogen) atoms. The number of hydrogen-bond donors (Lipinski definition) is 5. The Morgan fingerprint density at radius 2 is 0.788 bits per heavy atom. The van der Waals surface area contributed by atoms with Crippen LogP contribution < -0.4 is 0 Å². The lowest BCUT2D eigenvalue weighted by Crippen LogP contribution is -2.76. The van der Waals surface area contributed by atoms with Gasteiger partial charge in [-0.3, -0.25) is 19.2 Å². The van der Waals surface area contributed by atoms with E-state index in [4.69, 9.17) is 4.74 Å². The first-order valence-electron chi connectivity index (χ1n) is 21.1. The Morgan fingerprint density at radius 1 is 0.462 bits per heavy atom. The number of carbonyl (C=O) groups is 4. The summed E-state index contributed by atoms with van der Waals surface area (Å²) in [6.45, 7) is 7.41. The van der Waals surface area contributed by atoms with E-state index >= 15 is 0 Å². The predicted octanol–water partition coefficient (Wildman–Crippen LogP) is 7.78. The van der Waals surface area contributed by atoms with Gasteiger partial charge in [0, 0.05) is 25.7 Å².